The van der Waals surface area contributed by atoms with Crippen molar-refractivity contribution in [1.29, 1.82) is 0 Å². The van der Waals surface area contributed by atoms with E-state index in [1.807, 2.05) is 6.92 Å². The number of nitrogens with zero attached hydrogens (tertiary/aromatic N) is 4. The predicted octanol–water partition coefficient (Wildman–Crippen LogP) is 1.88. The van der Waals surface area contributed by atoms with Gasteiger partial charge in [-0.25, -0.2) is 9.97 Å². The number of ether oxygens (including phenoxy) is 2. The number of fused-ring (bicyclic) bond motifs is 2. The zero-order valence-corrected chi connectivity index (χ0v) is 16.7. The Morgan fingerprint density at radius 1 is 1.14 bits per heavy atom. The summed E-state index contributed by atoms with van der Waals surface area (Å²) in [6.07, 6.45) is 0.503. The van der Waals surface area contributed by atoms with Crippen LogP contribution in [0.2, 0.25) is 0 Å². The highest BCUT2D eigenvalue weighted by Gasteiger charge is 2.24. The number of rotatable bonds is 3. The van der Waals surface area contributed by atoms with E-state index in [1.165, 1.54) is 18.4 Å². The van der Waals surface area contributed by atoms with Gasteiger partial charge >= 0.3 is 0 Å². The van der Waals surface area contributed by atoms with Crippen LogP contribution in [-0.2, 0) is 13.0 Å². The number of hydrogen-bond acceptors (Lipinski definition) is 7. The van der Waals surface area contributed by atoms with Crippen molar-refractivity contribution in [2.45, 2.75) is 19.9 Å². The highest BCUT2D eigenvalue weighted by atomic mass is 32.1. The molecule has 3 aromatic rings. The van der Waals surface area contributed by atoms with Crippen LogP contribution in [0, 0.1) is 6.92 Å². The highest BCUT2D eigenvalue weighted by Crippen LogP contribution is 2.30. The molecule has 0 bridgehead atoms. The van der Waals surface area contributed by atoms with E-state index < -0.39 is 0 Å². The van der Waals surface area contributed by atoms with Gasteiger partial charge in [-0.3, -0.25) is 14.2 Å². The number of aromatic nitrogens is 3. The summed E-state index contributed by atoms with van der Waals surface area (Å²) >= 11 is 1.34. The van der Waals surface area contributed by atoms with Crippen LogP contribution < -0.4 is 15.0 Å². The van der Waals surface area contributed by atoms with Gasteiger partial charge in [0.15, 0.2) is 11.5 Å². The SMILES string of the molecule is COc1cc2nc3n(c(=O)c2cc1OC)CCN(C(=O)c1scnc1C)CC3. The number of methoxy groups -OCH3 is 2. The number of carbonyl (C=O) groups is 1. The number of benzene rings is 1. The number of amides is 1. The van der Waals surface area contributed by atoms with Crippen molar-refractivity contribution in [3.05, 3.63) is 44.4 Å². The van der Waals surface area contributed by atoms with Crippen LogP contribution in [0.25, 0.3) is 10.9 Å². The summed E-state index contributed by atoms with van der Waals surface area (Å²) in [7, 11) is 3.08. The molecule has 3 heterocycles. The fourth-order valence-electron chi connectivity index (χ4n) is 3.44. The quantitative estimate of drug-likeness (QED) is 0.667. The number of aryl methyl sites for hydroxylation is 1. The van der Waals surface area contributed by atoms with Gasteiger partial charge in [-0.05, 0) is 13.0 Å². The summed E-state index contributed by atoms with van der Waals surface area (Å²) in [5.41, 5.74) is 2.84. The Kier molecular flexibility index (Phi) is 4.76. The van der Waals surface area contributed by atoms with Crippen molar-refractivity contribution in [2.24, 2.45) is 0 Å². The van der Waals surface area contributed by atoms with Gasteiger partial charge in [0.05, 0.1) is 36.3 Å². The largest absolute Gasteiger partial charge is 0.493 e. The molecular weight excluding hydrogens is 380 g/mol. The minimum absolute atomic E-state index is 0.0475. The molecule has 1 aromatic carbocycles. The molecule has 146 valence electrons. The van der Waals surface area contributed by atoms with Gasteiger partial charge in [-0.15, -0.1) is 11.3 Å². The Bertz CT molecular complexity index is 1120. The Hall–Kier alpha value is -2.94. The highest BCUT2D eigenvalue weighted by molar-refractivity contribution is 7.11. The van der Waals surface area contributed by atoms with Gasteiger partial charge in [0.25, 0.3) is 11.5 Å². The summed E-state index contributed by atoms with van der Waals surface area (Å²) in [4.78, 5) is 37.1. The Morgan fingerprint density at radius 3 is 2.57 bits per heavy atom. The van der Waals surface area contributed by atoms with Crippen molar-refractivity contribution in [1.82, 2.24) is 19.4 Å². The number of thiazole rings is 1. The van der Waals surface area contributed by atoms with Crippen LogP contribution >= 0.6 is 11.3 Å². The molecule has 2 aromatic heterocycles. The molecule has 0 atom stereocenters. The van der Waals surface area contributed by atoms with E-state index in [2.05, 4.69) is 9.97 Å². The minimum Gasteiger partial charge on any atom is -0.493 e. The first-order valence-corrected chi connectivity index (χ1v) is 9.76. The molecule has 0 N–H and O–H groups in total. The second kappa shape index (κ2) is 7.23. The van der Waals surface area contributed by atoms with Gasteiger partial charge in [-0.1, -0.05) is 0 Å². The molecule has 1 aliphatic rings. The van der Waals surface area contributed by atoms with Crippen LogP contribution in [0.1, 0.15) is 21.2 Å². The molecule has 0 saturated carbocycles. The average Bonchev–Trinajstić information content (AvgIpc) is 3.01. The normalized spacial score (nSPS) is 13.9. The molecule has 0 fully saturated rings. The van der Waals surface area contributed by atoms with Gasteiger partial charge < -0.3 is 14.4 Å². The van der Waals surface area contributed by atoms with Crippen LogP contribution in [0.3, 0.4) is 0 Å². The van der Waals surface area contributed by atoms with Crippen molar-refractivity contribution >= 4 is 28.1 Å². The number of hydrogen-bond donors (Lipinski definition) is 0. The van der Waals surface area contributed by atoms with Crippen molar-refractivity contribution < 1.29 is 14.3 Å². The van der Waals surface area contributed by atoms with Crippen LogP contribution in [0.5, 0.6) is 11.5 Å². The Balaban J connectivity index is 1.71. The third-order valence-electron chi connectivity index (χ3n) is 4.96. The van der Waals surface area contributed by atoms with Crippen molar-refractivity contribution in [3.63, 3.8) is 0 Å². The van der Waals surface area contributed by atoms with Crippen molar-refractivity contribution in [3.8, 4) is 11.5 Å². The van der Waals surface area contributed by atoms with E-state index in [0.717, 1.165) is 5.69 Å². The summed E-state index contributed by atoms with van der Waals surface area (Å²) < 4.78 is 12.3. The Labute approximate surface area is 165 Å². The zero-order valence-electron chi connectivity index (χ0n) is 15.9. The summed E-state index contributed by atoms with van der Waals surface area (Å²) in [5.74, 6) is 1.63. The molecule has 9 heteroatoms. The first-order chi connectivity index (χ1) is 13.5. The smallest absolute Gasteiger partial charge is 0.265 e. The summed E-state index contributed by atoms with van der Waals surface area (Å²) in [6, 6.07) is 3.37. The van der Waals surface area contributed by atoms with Gasteiger partial charge in [0.1, 0.15) is 10.7 Å². The topological polar surface area (TPSA) is 86.6 Å². The van der Waals surface area contributed by atoms with Gasteiger partial charge in [0.2, 0.25) is 0 Å². The van der Waals surface area contributed by atoms with Gasteiger partial charge in [-0.2, -0.15) is 0 Å². The van der Waals surface area contributed by atoms with E-state index >= 15 is 0 Å². The third kappa shape index (κ3) is 3.01. The maximum Gasteiger partial charge on any atom is 0.265 e. The first-order valence-electron chi connectivity index (χ1n) is 8.88. The Morgan fingerprint density at radius 2 is 1.89 bits per heavy atom. The van der Waals surface area contributed by atoms with Gasteiger partial charge in [0, 0.05) is 32.1 Å². The fourth-order valence-corrected chi connectivity index (χ4v) is 4.21. The molecule has 8 nitrogen and oxygen atoms in total. The summed E-state index contributed by atoms with van der Waals surface area (Å²) in [6.45, 7) is 3.18. The van der Waals surface area contributed by atoms with Crippen molar-refractivity contribution in [2.75, 3.05) is 27.3 Å². The molecule has 28 heavy (non-hydrogen) atoms. The molecule has 0 radical (unpaired) electrons. The average molecular weight is 400 g/mol. The van der Waals surface area contributed by atoms with E-state index in [-0.39, 0.29) is 11.5 Å². The number of carbonyl (C=O) groups excluding carboxylic acids is 1. The summed E-state index contributed by atoms with van der Waals surface area (Å²) in [5, 5.41) is 0.472. The van der Waals surface area contributed by atoms with E-state index in [4.69, 9.17) is 9.47 Å². The second-order valence-corrected chi connectivity index (χ2v) is 7.37. The third-order valence-corrected chi connectivity index (χ3v) is 5.88. The molecule has 0 saturated heterocycles. The van der Waals surface area contributed by atoms with Crippen LogP contribution in [0.15, 0.2) is 22.4 Å². The molecule has 0 unspecified atom stereocenters. The van der Waals surface area contributed by atoms with E-state index in [1.54, 1.807) is 34.2 Å². The molecule has 0 spiro atoms. The van der Waals surface area contributed by atoms with E-state index in [9.17, 15) is 9.59 Å². The first kappa shape index (κ1) is 18.4. The standard InChI is InChI=1S/C19H20N4O4S/c1-11-17(28-10-20-11)19(25)22-5-4-16-21-13-9-15(27-3)14(26-2)8-12(13)18(24)23(16)7-6-22/h8-10H,4-7H2,1-3H3. The maximum atomic E-state index is 13.1. The minimum atomic E-state index is -0.135. The molecule has 1 amide bonds. The lowest BCUT2D eigenvalue weighted by Crippen LogP contribution is -2.34. The molecule has 0 aliphatic carbocycles. The monoisotopic (exact) mass is 400 g/mol. The lowest BCUT2D eigenvalue weighted by molar-refractivity contribution is 0.0763. The molecule has 1 aliphatic heterocycles. The van der Waals surface area contributed by atoms with Crippen LogP contribution in [-0.4, -0.2) is 52.7 Å². The van der Waals surface area contributed by atoms with E-state index in [0.29, 0.717) is 59.2 Å². The predicted molar refractivity (Wildman–Crippen MR) is 106 cm³/mol. The lowest BCUT2D eigenvalue weighted by Gasteiger charge is -2.19. The lowest BCUT2D eigenvalue weighted by atomic mass is 10.2. The second-order valence-electron chi connectivity index (χ2n) is 6.52. The molecular formula is C19H20N4O4S. The zero-order chi connectivity index (χ0) is 19.8. The van der Waals surface area contributed by atoms with Crippen LogP contribution in [0.4, 0.5) is 0 Å². The molecule has 4 rings (SSSR count). The fraction of sp³-hybridized carbons (Fsp3) is 0.368. The maximum absolute atomic E-state index is 13.1.